The minimum absolute atomic E-state index is 0.00696. The summed E-state index contributed by atoms with van der Waals surface area (Å²) in [6.45, 7) is 0. The van der Waals surface area contributed by atoms with Gasteiger partial charge in [0.1, 0.15) is 0 Å². The minimum atomic E-state index is -1.06. The minimum Gasteiger partial charge on any atom is -0.478 e. The van der Waals surface area contributed by atoms with Gasteiger partial charge in [0, 0.05) is 22.7 Å². The van der Waals surface area contributed by atoms with Crippen LogP contribution < -0.4 is 5.32 Å². The molecule has 2 aromatic rings. The van der Waals surface area contributed by atoms with E-state index in [0.29, 0.717) is 10.6 Å². The van der Waals surface area contributed by atoms with E-state index in [1.54, 1.807) is 24.3 Å². The fraction of sp³-hybridized carbons (Fsp3) is 0.0667. The summed E-state index contributed by atoms with van der Waals surface area (Å²) in [7, 11) is 0. The Labute approximate surface area is 135 Å². The summed E-state index contributed by atoms with van der Waals surface area (Å²) < 4.78 is 0. The molecule has 0 heterocycles. The van der Waals surface area contributed by atoms with E-state index in [0.717, 1.165) is 11.8 Å². The topological polar surface area (TPSA) is 110 Å². The largest absolute Gasteiger partial charge is 0.478 e. The first kappa shape index (κ1) is 16.5. The molecule has 2 rings (SSSR count). The van der Waals surface area contributed by atoms with Crippen LogP contribution in [-0.4, -0.2) is 27.7 Å². The summed E-state index contributed by atoms with van der Waals surface area (Å²) in [5.74, 6) is -1.45. The van der Waals surface area contributed by atoms with E-state index in [9.17, 15) is 19.7 Å². The molecule has 7 nitrogen and oxygen atoms in total. The first-order valence-electron chi connectivity index (χ1n) is 6.47. The van der Waals surface area contributed by atoms with Crippen LogP contribution in [0.2, 0.25) is 0 Å². The Hall–Kier alpha value is -2.87. The molecule has 0 aliphatic rings. The zero-order valence-corrected chi connectivity index (χ0v) is 12.6. The van der Waals surface area contributed by atoms with Gasteiger partial charge in [-0.2, -0.15) is 0 Å². The Balaban J connectivity index is 2.00. The highest BCUT2D eigenvalue weighted by Gasteiger charge is 2.12. The van der Waals surface area contributed by atoms with Crippen LogP contribution in [-0.2, 0) is 4.79 Å². The van der Waals surface area contributed by atoms with Crippen molar-refractivity contribution in [1.29, 1.82) is 0 Å². The number of carbonyl (C=O) groups excluding carboxylic acids is 1. The Morgan fingerprint density at radius 1 is 1.17 bits per heavy atom. The first-order valence-corrected chi connectivity index (χ1v) is 7.45. The third-order valence-corrected chi connectivity index (χ3v) is 3.89. The zero-order chi connectivity index (χ0) is 16.8. The number of hydrogen-bond acceptors (Lipinski definition) is 5. The number of amides is 1. The second-order valence-corrected chi connectivity index (χ2v) is 5.46. The second-order valence-electron chi connectivity index (χ2n) is 4.45. The molecule has 2 N–H and O–H groups in total. The van der Waals surface area contributed by atoms with Gasteiger partial charge in [0.05, 0.1) is 16.2 Å². The molecular weight excluding hydrogens is 320 g/mol. The third kappa shape index (κ3) is 4.55. The third-order valence-electron chi connectivity index (χ3n) is 2.82. The summed E-state index contributed by atoms with van der Waals surface area (Å²) in [6.07, 6.45) is 0. The van der Waals surface area contributed by atoms with E-state index in [4.69, 9.17) is 5.11 Å². The Kier molecular flexibility index (Phi) is 5.32. The van der Waals surface area contributed by atoms with Gasteiger partial charge in [0.25, 0.3) is 5.69 Å². The zero-order valence-electron chi connectivity index (χ0n) is 11.8. The van der Waals surface area contributed by atoms with Gasteiger partial charge < -0.3 is 10.4 Å². The fourth-order valence-electron chi connectivity index (χ4n) is 1.81. The number of anilines is 1. The molecular formula is C15H12N2O5S. The Morgan fingerprint density at radius 3 is 2.61 bits per heavy atom. The number of carboxylic acids is 1. The molecule has 0 aliphatic heterocycles. The Bertz CT molecular complexity index is 763. The predicted octanol–water partition coefficient (Wildman–Crippen LogP) is 3.02. The number of hydrogen-bond donors (Lipinski definition) is 2. The van der Waals surface area contributed by atoms with E-state index in [-0.39, 0.29) is 22.9 Å². The highest BCUT2D eigenvalue weighted by Crippen LogP contribution is 2.23. The number of carboxylic acid groups (broad SMARTS) is 1. The second kappa shape index (κ2) is 7.41. The molecule has 0 saturated heterocycles. The van der Waals surface area contributed by atoms with Gasteiger partial charge in [-0.1, -0.05) is 18.2 Å². The monoisotopic (exact) mass is 332 g/mol. The van der Waals surface area contributed by atoms with E-state index < -0.39 is 10.9 Å². The number of nitrogens with zero attached hydrogens (tertiary/aromatic N) is 1. The summed E-state index contributed by atoms with van der Waals surface area (Å²) in [5, 5.41) is 22.3. The van der Waals surface area contributed by atoms with Crippen molar-refractivity contribution in [3.63, 3.8) is 0 Å². The standard InChI is InChI=1S/C15H12N2O5S/c18-14(16-10-4-3-5-11(8-10)17(21)22)9-23-13-7-2-1-6-12(13)15(19)20/h1-8H,9H2,(H,16,18)(H,19,20). The van der Waals surface area contributed by atoms with Crippen LogP contribution in [0.4, 0.5) is 11.4 Å². The molecule has 0 bridgehead atoms. The van der Waals surface area contributed by atoms with Crippen LogP contribution in [0.15, 0.2) is 53.4 Å². The van der Waals surface area contributed by atoms with Crippen molar-refractivity contribution < 1.29 is 19.6 Å². The lowest BCUT2D eigenvalue weighted by Gasteiger charge is -2.07. The maximum absolute atomic E-state index is 11.9. The quantitative estimate of drug-likeness (QED) is 0.478. The molecule has 8 heteroatoms. The van der Waals surface area contributed by atoms with Crippen molar-refractivity contribution in [2.24, 2.45) is 0 Å². The van der Waals surface area contributed by atoms with Gasteiger partial charge in [-0.3, -0.25) is 14.9 Å². The number of nitro groups is 1. The first-order chi connectivity index (χ1) is 11.0. The molecule has 2 aromatic carbocycles. The molecule has 0 spiro atoms. The molecule has 0 aromatic heterocycles. The van der Waals surface area contributed by atoms with Gasteiger partial charge in [0.2, 0.25) is 5.91 Å². The summed E-state index contributed by atoms with van der Waals surface area (Å²) in [4.78, 5) is 33.6. The number of rotatable bonds is 6. The van der Waals surface area contributed by atoms with Crippen molar-refractivity contribution >= 4 is 35.0 Å². The Morgan fingerprint density at radius 2 is 1.91 bits per heavy atom. The van der Waals surface area contributed by atoms with Crippen molar-refractivity contribution in [3.05, 3.63) is 64.2 Å². The molecule has 0 unspecified atom stereocenters. The number of non-ortho nitro benzene ring substituents is 1. The lowest BCUT2D eigenvalue weighted by atomic mass is 10.2. The number of benzene rings is 2. The maximum atomic E-state index is 11.9. The average Bonchev–Trinajstić information content (AvgIpc) is 2.53. The van der Waals surface area contributed by atoms with E-state index >= 15 is 0 Å². The average molecular weight is 332 g/mol. The molecule has 1 amide bonds. The lowest BCUT2D eigenvalue weighted by molar-refractivity contribution is -0.384. The van der Waals surface area contributed by atoms with Gasteiger partial charge >= 0.3 is 5.97 Å². The van der Waals surface area contributed by atoms with Crippen molar-refractivity contribution in [3.8, 4) is 0 Å². The van der Waals surface area contributed by atoms with Gasteiger partial charge in [-0.15, -0.1) is 11.8 Å². The fourth-order valence-corrected chi connectivity index (χ4v) is 2.65. The van der Waals surface area contributed by atoms with E-state index in [2.05, 4.69) is 5.32 Å². The van der Waals surface area contributed by atoms with Gasteiger partial charge in [-0.25, -0.2) is 4.79 Å². The van der Waals surface area contributed by atoms with Crippen LogP contribution in [0.25, 0.3) is 0 Å². The molecule has 23 heavy (non-hydrogen) atoms. The van der Waals surface area contributed by atoms with Crippen LogP contribution in [0.5, 0.6) is 0 Å². The van der Waals surface area contributed by atoms with Crippen LogP contribution in [0, 0.1) is 10.1 Å². The van der Waals surface area contributed by atoms with Crippen molar-refractivity contribution in [1.82, 2.24) is 0 Å². The lowest BCUT2D eigenvalue weighted by Crippen LogP contribution is -2.14. The maximum Gasteiger partial charge on any atom is 0.336 e. The summed E-state index contributed by atoms with van der Waals surface area (Å²) >= 11 is 1.09. The highest BCUT2D eigenvalue weighted by atomic mass is 32.2. The molecule has 0 saturated carbocycles. The van der Waals surface area contributed by atoms with Crippen LogP contribution in [0.3, 0.4) is 0 Å². The van der Waals surface area contributed by atoms with Crippen molar-refractivity contribution in [2.45, 2.75) is 4.90 Å². The normalized spacial score (nSPS) is 10.1. The molecule has 118 valence electrons. The van der Waals surface area contributed by atoms with Crippen LogP contribution >= 0.6 is 11.8 Å². The smallest absolute Gasteiger partial charge is 0.336 e. The number of carbonyl (C=O) groups is 2. The highest BCUT2D eigenvalue weighted by molar-refractivity contribution is 8.00. The SMILES string of the molecule is O=C(CSc1ccccc1C(=O)O)Nc1cccc([N+](=O)[O-])c1. The van der Waals surface area contributed by atoms with Crippen molar-refractivity contribution in [2.75, 3.05) is 11.1 Å². The number of nitrogens with one attached hydrogen (secondary N) is 1. The van der Waals surface area contributed by atoms with Gasteiger partial charge in [-0.05, 0) is 18.2 Å². The summed E-state index contributed by atoms with van der Waals surface area (Å²) in [5.41, 5.74) is 0.323. The number of thioether (sulfide) groups is 1. The van der Waals surface area contributed by atoms with Gasteiger partial charge in [0.15, 0.2) is 0 Å². The summed E-state index contributed by atoms with van der Waals surface area (Å²) in [6, 6.07) is 12.0. The predicted molar refractivity (Wildman–Crippen MR) is 85.9 cm³/mol. The molecule has 0 fully saturated rings. The number of aromatic carboxylic acids is 1. The van der Waals surface area contributed by atoms with Crippen LogP contribution in [0.1, 0.15) is 10.4 Å². The number of nitro benzene ring substituents is 1. The van der Waals surface area contributed by atoms with E-state index in [1.165, 1.54) is 24.3 Å². The molecule has 0 aliphatic carbocycles. The molecule has 0 atom stereocenters. The molecule has 0 radical (unpaired) electrons. The van der Waals surface area contributed by atoms with E-state index in [1.807, 2.05) is 0 Å².